The number of fused-ring (bicyclic) bond motifs is 5. The van der Waals surface area contributed by atoms with Crippen LogP contribution in [0.15, 0.2) is 164 Å². The SMILES string of the molecule is CC(C)(C)c1ccc(N2c3ccc(C(C)(C)C)cc3B3c4cc5c(cc4N(c4ccc(C(C)(C)C)cc4-c4ccccc4)c4cc(N(c6cccc(C(C)(C)C)c6)c6cccc(C(C)(C)C)c6)cc2c43)C(C)(C)CCC5(C)C)cc1. The molecule has 1 aliphatic carbocycles. The molecule has 2 aliphatic heterocycles. The van der Waals surface area contributed by atoms with Crippen molar-refractivity contribution in [1.82, 2.24) is 0 Å². The number of hydrogen-bond acceptors (Lipinski definition) is 3. The molecule has 80 heavy (non-hydrogen) atoms. The van der Waals surface area contributed by atoms with Crippen molar-refractivity contribution in [3.8, 4) is 11.1 Å². The molecule has 0 N–H and O–H groups in total. The third-order valence-electron chi connectivity index (χ3n) is 18.3. The second kappa shape index (κ2) is 18.9. The highest BCUT2D eigenvalue weighted by molar-refractivity contribution is 7.00. The molecule has 0 fully saturated rings. The standard InChI is InChI=1S/C76H88BN3/c1-70(2,3)50-31-35-55(36-32-50)79-65-38-34-54(74(13,14)15)44-62(65)77-63-47-60-61(76(18,19)40-39-75(60,16)17)48-66(63)80(64-37-33-53(73(10,11)12)43-59(64)49-25-21-20-22-26-49)68-46-58(45-67(79)69(68)77)78(56-29-23-27-51(41-56)71(4,5)6)57-30-24-28-52(42-57)72(7,8)9/h20-38,41-48H,39-40H2,1-19H3. The smallest absolute Gasteiger partial charge is 0.252 e. The van der Waals surface area contributed by atoms with Gasteiger partial charge in [0, 0.05) is 45.4 Å². The van der Waals surface area contributed by atoms with E-state index in [4.69, 9.17) is 0 Å². The van der Waals surface area contributed by atoms with Crippen LogP contribution in [0.25, 0.3) is 11.1 Å². The Morgan fingerprint density at radius 2 is 0.812 bits per heavy atom. The van der Waals surface area contributed by atoms with Gasteiger partial charge in [-0.3, -0.25) is 0 Å². The predicted molar refractivity (Wildman–Crippen MR) is 349 cm³/mol. The molecule has 0 bridgehead atoms. The molecule has 410 valence electrons. The van der Waals surface area contributed by atoms with Crippen molar-refractivity contribution in [3.63, 3.8) is 0 Å². The molecule has 0 amide bonds. The number of benzene rings is 8. The monoisotopic (exact) mass is 1050 g/mol. The Morgan fingerprint density at radius 3 is 1.34 bits per heavy atom. The molecular weight excluding hydrogens is 966 g/mol. The Hall–Kier alpha value is -6.78. The van der Waals surface area contributed by atoms with Crippen LogP contribution in [-0.4, -0.2) is 6.71 Å². The summed E-state index contributed by atoms with van der Waals surface area (Å²) in [6.45, 7) is 45.0. The predicted octanol–water partition coefficient (Wildman–Crippen LogP) is 19.7. The maximum absolute atomic E-state index is 2.72. The molecule has 0 spiro atoms. The molecule has 8 aromatic carbocycles. The average molecular weight is 1050 g/mol. The first-order valence-electron chi connectivity index (χ1n) is 29.7. The van der Waals surface area contributed by atoms with Crippen molar-refractivity contribution in [2.24, 2.45) is 0 Å². The van der Waals surface area contributed by atoms with Crippen LogP contribution in [0, 0.1) is 0 Å². The fourth-order valence-corrected chi connectivity index (χ4v) is 13.0. The quantitative estimate of drug-likeness (QED) is 0.154. The van der Waals surface area contributed by atoms with Gasteiger partial charge in [-0.2, -0.15) is 0 Å². The van der Waals surface area contributed by atoms with Crippen molar-refractivity contribution < 1.29 is 0 Å². The lowest BCUT2D eigenvalue weighted by molar-refractivity contribution is 0.332. The first kappa shape index (κ1) is 55.1. The number of nitrogens with zero attached hydrogens (tertiary/aromatic N) is 3. The van der Waals surface area contributed by atoms with Crippen LogP contribution in [0.5, 0.6) is 0 Å². The lowest BCUT2D eigenvalue weighted by Crippen LogP contribution is -2.62. The molecular formula is C76H88BN3. The third-order valence-corrected chi connectivity index (χ3v) is 18.3. The van der Waals surface area contributed by atoms with Gasteiger partial charge in [0.05, 0.1) is 11.4 Å². The fourth-order valence-electron chi connectivity index (χ4n) is 13.0. The van der Waals surface area contributed by atoms with Gasteiger partial charge >= 0.3 is 0 Å². The summed E-state index contributed by atoms with van der Waals surface area (Å²) in [6.07, 6.45) is 2.27. The first-order valence-corrected chi connectivity index (χ1v) is 29.7. The van der Waals surface area contributed by atoms with Gasteiger partial charge in [0.15, 0.2) is 0 Å². The van der Waals surface area contributed by atoms with E-state index in [2.05, 4.69) is 310 Å². The Bertz CT molecular complexity index is 3630. The van der Waals surface area contributed by atoms with Gasteiger partial charge in [0.25, 0.3) is 6.71 Å². The Balaban J connectivity index is 1.35. The average Bonchev–Trinajstić information content (AvgIpc) is 3.16. The fraction of sp³-hybridized carbons (Fsp3) is 0.368. The maximum Gasteiger partial charge on any atom is 0.252 e. The van der Waals surface area contributed by atoms with E-state index < -0.39 is 0 Å². The van der Waals surface area contributed by atoms with Crippen molar-refractivity contribution in [1.29, 1.82) is 0 Å². The summed E-state index contributed by atoms with van der Waals surface area (Å²) in [5.41, 5.74) is 26.4. The highest BCUT2D eigenvalue weighted by atomic mass is 15.2. The van der Waals surface area contributed by atoms with Crippen molar-refractivity contribution in [3.05, 3.63) is 203 Å². The summed E-state index contributed by atoms with van der Waals surface area (Å²) in [7, 11) is 0. The first-order chi connectivity index (χ1) is 37.3. The lowest BCUT2D eigenvalue weighted by atomic mass is 9.33. The van der Waals surface area contributed by atoms with Gasteiger partial charge in [-0.25, -0.2) is 0 Å². The highest BCUT2D eigenvalue weighted by Crippen LogP contribution is 2.54. The molecule has 0 unspecified atom stereocenters. The van der Waals surface area contributed by atoms with Gasteiger partial charge in [-0.1, -0.05) is 223 Å². The summed E-state index contributed by atoms with van der Waals surface area (Å²) >= 11 is 0. The molecule has 4 heteroatoms. The second-order valence-corrected chi connectivity index (χ2v) is 30.3. The molecule has 0 radical (unpaired) electrons. The third kappa shape index (κ3) is 9.71. The van der Waals surface area contributed by atoms with Crippen molar-refractivity contribution in [2.45, 2.75) is 182 Å². The minimum atomic E-state index is -0.0738. The van der Waals surface area contributed by atoms with Crippen LogP contribution in [0.1, 0.15) is 183 Å². The highest BCUT2D eigenvalue weighted by Gasteiger charge is 2.48. The second-order valence-electron chi connectivity index (χ2n) is 30.3. The number of anilines is 9. The van der Waals surface area contributed by atoms with Crippen molar-refractivity contribution >= 4 is 74.3 Å². The Morgan fingerprint density at radius 1 is 0.362 bits per heavy atom. The van der Waals surface area contributed by atoms with E-state index in [1.54, 1.807) is 0 Å². The molecule has 8 aromatic rings. The summed E-state index contributed by atoms with van der Waals surface area (Å²) in [5, 5.41) is 0. The zero-order valence-electron chi connectivity index (χ0n) is 51.9. The van der Waals surface area contributed by atoms with E-state index in [1.807, 2.05) is 0 Å². The van der Waals surface area contributed by atoms with Gasteiger partial charge in [-0.05, 0) is 184 Å². The van der Waals surface area contributed by atoms with Crippen LogP contribution in [0.3, 0.4) is 0 Å². The Kier molecular flexibility index (Phi) is 13.0. The summed E-state index contributed by atoms with van der Waals surface area (Å²) < 4.78 is 0. The van der Waals surface area contributed by atoms with Crippen LogP contribution < -0.4 is 31.1 Å². The van der Waals surface area contributed by atoms with E-state index in [9.17, 15) is 0 Å². The largest absolute Gasteiger partial charge is 0.311 e. The van der Waals surface area contributed by atoms with Crippen LogP contribution in [-0.2, 0) is 37.9 Å². The van der Waals surface area contributed by atoms with Crippen molar-refractivity contribution in [2.75, 3.05) is 14.7 Å². The van der Waals surface area contributed by atoms with E-state index in [0.717, 1.165) is 35.6 Å². The molecule has 2 heterocycles. The van der Waals surface area contributed by atoms with Gasteiger partial charge in [-0.15, -0.1) is 0 Å². The molecule has 3 nitrogen and oxygen atoms in total. The minimum Gasteiger partial charge on any atom is -0.311 e. The zero-order valence-corrected chi connectivity index (χ0v) is 51.9. The maximum atomic E-state index is 2.72. The summed E-state index contributed by atoms with van der Waals surface area (Å²) in [5.74, 6) is 0. The normalized spacial score (nSPS) is 15.7. The van der Waals surface area contributed by atoms with E-state index >= 15 is 0 Å². The zero-order chi connectivity index (χ0) is 57.4. The minimum absolute atomic E-state index is 0.00149. The molecule has 0 aromatic heterocycles. The van der Waals surface area contributed by atoms with Crippen LogP contribution >= 0.6 is 0 Å². The number of hydrogen-bond donors (Lipinski definition) is 0. The molecule has 0 saturated heterocycles. The summed E-state index contributed by atoms with van der Waals surface area (Å²) in [6, 6.07) is 64.6. The molecule has 0 atom stereocenters. The number of rotatable bonds is 6. The summed E-state index contributed by atoms with van der Waals surface area (Å²) in [4.78, 5) is 7.90. The van der Waals surface area contributed by atoms with Crippen LogP contribution in [0.2, 0.25) is 0 Å². The van der Waals surface area contributed by atoms with E-state index in [1.165, 1.54) is 94.9 Å². The lowest BCUT2D eigenvalue weighted by Gasteiger charge is -2.48. The topological polar surface area (TPSA) is 9.72 Å². The van der Waals surface area contributed by atoms with Gasteiger partial charge in [0.1, 0.15) is 0 Å². The van der Waals surface area contributed by atoms with Gasteiger partial charge in [0.2, 0.25) is 0 Å². The molecule has 3 aliphatic rings. The molecule has 0 saturated carbocycles. The molecule has 11 rings (SSSR count). The van der Waals surface area contributed by atoms with E-state index in [0.29, 0.717) is 0 Å². The van der Waals surface area contributed by atoms with Gasteiger partial charge < -0.3 is 14.7 Å². The van der Waals surface area contributed by atoms with E-state index in [-0.39, 0.29) is 44.6 Å². The van der Waals surface area contributed by atoms with Crippen LogP contribution in [0.4, 0.5) is 51.2 Å². The Labute approximate surface area is 482 Å².